The van der Waals surface area contributed by atoms with Crippen molar-refractivity contribution >= 4 is 5.91 Å². The number of rotatable bonds is 3. The van der Waals surface area contributed by atoms with Crippen molar-refractivity contribution < 1.29 is 14.6 Å². The zero-order valence-corrected chi connectivity index (χ0v) is 11.4. The third-order valence-electron chi connectivity index (χ3n) is 3.47. The average Bonchev–Trinajstić information content (AvgIpc) is 2.41. The van der Waals surface area contributed by atoms with Crippen LogP contribution in [0.2, 0.25) is 0 Å². The molecular weight excluding hydrogens is 244 g/mol. The van der Waals surface area contributed by atoms with Gasteiger partial charge >= 0.3 is 0 Å². The molecule has 2 rings (SSSR count). The molecule has 1 saturated heterocycles. The summed E-state index contributed by atoms with van der Waals surface area (Å²) in [4.78, 5) is 15.4. The highest BCUT2D eigenvalue weighted by atomic mass is 16.5. The molecule has 1 heterocycles. The summed E-state index contributed by atoms with van der Waals surface area (Å²) in [7, 11) is 1.55. The lowest BCUT2D eigenvalue weighted by molar-refractivity contribution is -0.130. The summed E-state index contributed by atoms with van der Waals surface area (Å²) in [6.07, 6.45) is 0. The normalized spacial score (nSPS) is 16.4. The molecule has 0 spiro atoms. The molecule has 19 heavy (non-hydrogen) atoms. The monoisotopic (exact) mass is 264 g/mol. The highest BCUT2D eigenvalue weighted by Crippen LogP contribution is 2.26. The van der Waals surface area contributed by atoms with Crippen molar-refractivity contribution in [1.82, 2.24) is 9.80 Å². The fourth-order valence-corrected chi connectivity index (χ4v) is 2.30. The van der Waals surface area contributed by atoms with E-state index in [1.54, 1.807) is 20.1 Å². The van der Waals surface area contributed by atoms with E-state index in [1.165, 1.54) is 0 Å². The lowest BCUT2D eigenvalue weighted by atomic mass is 10.1. The summed E-state index contributed by atoms with van der Waals surface area (Å²) in [5.41, 5.74) is 1.10. The highest BCUT2D eigenvalue weighted by molar-refractivity contribution is 5.73. The molecule has 1 N–H and O–H groups in total. The molecular formula is C14H20N2O3. The maximum absolute atomic E-state index is 11.2. The zero-order chi connectivity index (χ0) is 13.8. The first-order valence-electron chi connectivity index (χ1n) is 6.44. The first kappa shape index (κ1) is 13.7. The number of hydrogen-bond acceptors (Lipinski definition) is 4. The Kier molecular flexibility index (Phi) is 4.27. The number of aromatic hydroxyl groups is 1. The summed E-state index contributed by atoms with van der Waals surface area (Å²) in [5, 5.41) is 9.55. The molecule has 1 aromatic carbocycles. The van der Waals surface area contributed by atoms with Crippen LogP contribution in [0, 0.1) is 0 Å². The van der Waals surface area contributed by atoms with Crippen LogP contribution in [0.1, 0.15) is 12.5 Å². The first-order valence-corrected chi connectivity index (χ1v) is 6.44. The van der Waals surface area contributed by atoms with E-state index in [0.717, 1.165) is 38.3 Å². The summed E-state index contributed by atoms with van der Waals surface area (Å²) < 4.78 is 5.10. The van der Waals surface area contributed by atoms with Crippen LogP contribution in [0.25, 0.3) is 0 Å². The molecule has 0 bridgehead atoms. The standard InChI is InChI=1S/C14H20N2O3/c1-11(17)16-7-5-15(6-8-16)10-12-3-4-13(18)14(9-12)19-2/h3-4,9,18H,5-8,10H2,1-2H3. The Bertz CT molecular complexity index is 454. The van der Waals surface area contributed by atoms with Gasteiger partial charge in [-0.1, -0.05) is 6.07 Å². The minimum atomic E-state index is 0.144. The Hall–Kier alpha value is -1.75. The number of nitrogens with zero attached hydrogens (tertiary/aromatic N) is 2. The quantitative estimate of drug-likeness (QED) is 0.887. The van der Waals surface area contributed by atoms with Gasteiger partial charge in [-0.3, -0.25) is 9.69 Å². The fourth-order valence-electron chi connectivity index (χ4n) is 2.30. The van der Waals surface area contributed by atoms with Crippen LogP contribution in [0.15, 0.2) is 18.2 Å². The van der Waals surface area contributed by atoms with Crippen molar-refractivity contribution in [2.75, 3.05) is 33.3 Å². The number of benzene rings is 1. The molecule has 1 aliphatic heterocycles. The Morgan fingerprint density at radius 3 is 2.58 bits per heavy atom. The number of hydrogen-bond donors (Lipinski definition) is 1. The maximum Gasteiger partial charge on any atom is 0.219 e. The number of carbonyl (C=O) groups excluding carboxylic acids is 1. The molecule has 1 amide bonds. The van der Waals surface area contributed by atoms with Crippen LogP contribution in [-0.4, -0.2) is 54.1 Å². The predicted octanol–water partition coefficient (Wildman–Crippen LogP) is 1.06. The van der Waals surface area contributed by atoms with Crippen LogP contribution in [-0.2, 0) is 11.3 Å². The Labute approximate surface area is 113 Å². The largest absolute Gasteiger partial charge is 0.504 e. The second-order valence-electron chi connectivity index (χ2n) is 4.79. The van der Waals surface area contributed by atoms with Gasteiger partial charge < -0.3 is 14.7 Å². The van der Waals surface area contributed by atoms with Gasteiger partial charge in [0, 0.05) is 39.6 Å². The minimum absolute atomic E-state index is 0.144. The number of phenolic OH excluding ortho intramolecular Hbond substituents is 1. The second kappa shape index (κ2) is 5.93. The number of methoxy groups -OCH3 is 1. The number of amides is 1. The molecule has 0 aliphatic carbocycles. The SMILES string of the molecule is COc1cc(CN2CCN(C(C)=O)CC2)ccc1O. The van der Waals surface area contributed by atoms with Crippen molar-refractivity contribution in [2.24, 2.45) is 0 Å². The first-order chi connectivity index (χ1) is 9.10. The Morgan fingerprint density at radius 2 is 2.00 bits per heavy atom. The van der Waals surface area contributed by atoms with E-state index in [1.807, 2.05) is 17.0 Å². The van der Waals surface area contributed by atoms with E-state index in [-0.39, 0.29) is 11.7 Å². The molecule has 1 fully saturated rings. The van der Waals surface area contributed by atoms with Gasteiger partial charge in [0.25, 0.3) is 0 Å². The van der Waals surface area contributed by atoms with Crippen LogP contribution >= 0.6 is 0 Å². The molecule has 1 aliphatic rings. The molecule has 0 aromatic heterocycles. The maximum atomic E-state index is 11.2. The molecule has 5 heteroatoms. The predicted molar refractivity (Wildman–Crippen MR) is 72.2 cm³/mol. The summed E-state index contributed by atoms with van der Waals surface area (Å²) >= 11 is 0. The van der Waals surface area contributed by atoms with Gasteiger partial charge in [-0.05, 0) is 17.7 Å². The average molecular weight is 264 g/mol. The summed E-state index contributed by atoms with van der Waals surface area (Å²) in [6, 6.07) is 5.40. The smallest absolute Gasteiger partial charge is 0.219 e. The van der Waals surface area contributed by atoms with Gasteiger partial charge in [-0.2, -0.15) is 0 Å². The molecule has 0 radical (unpaired) electrons. The van der Waals surface area contributed by atoms with E-state index >= 15 is 0 Å². The van der Waals surface area contributed by atoms with Crippen molar-refractivity contribution in [2.45, 2.75) is 13.5 Å². The van der Waals surface area contributed by atoms with Crippen molar-refractivity contribution in [3.63, 3.8) is 0 Å². The Morgan fingerprint density at radius 1 is 1.32 bits per heavy atom. The van der Waals surface area contributed by atoms with E-state index in [4.69, 9.17) is 4.74 Å². The third kappa shape index (κ3) is 3.38. The van der Waals surface area contributed by atoms with Crippen LogP contribution in [0.3, 0.4) is 0 Å². The lowest BCUT2D eigenvalue weighted by Gasteiger charge is -2.34. The van der Waals surface area contributed by atoms with Crippen molar-refractivity contribution in [3.8, 4) is 11.5 Å². The van der Waals surface area contributed by atoms with Gasteiger partial charge in [0.2, 0.25) is 5.91 Å². The zero-order valence-electron chi connectivity index (χ0n) is 11.4. The van der Waals surface area contributed by atoms with Crippen molar-refractivity contribution in [1.29, 1.82) is 0 Å². The minimum Gasteiger partial charge on any atom is -0.504 e. The summed E-state index contributed by atoms with van der Waals surface area (Å²) in [6.45, 7) is 5.74. The Balaban J connectivity index is 1.94. The number of ether oxygens (including phenoxy) is 1. The lowest BCUT2D eigenvalue weighted by Crippen LogP contribution is -2.47. The molecule has 0 unspecified atom stereocenters. The van der Waals surface area contributed by atoms with Crippen LogP contribution in [0.4, 0.5) is 0 Å². The molecule has 104 valence electrons. The topological polar surface area (TPSA) is 53.0 Å². The van der Waals surface area contributed by atoms with Gasteiger partial charge in [0.05, 0.1) is 7.11 Å². The van der Waals surface area contributed by atoms with Crippen molar-refractivity contribution in [3.05, 3.63) is 23.8 Å². The van der Waals surface area contributed by atoms with E-state index in [2.05, 4.69) is 4.90 Å². The number of carbonyl (C=O) groups is 1. The fraction of sp³-hybridized carbons (Fsp3) is 0.500. The van der Waals surface area contributed by atoms with Gasteiger partial charge in [0.1, 0.15) is 0 Å². The van der Waals surface area contributed by atoms with Gasteiger partial charge in [0.15, 0.2) is 11.5 Å². The highest BCUT2D eigenvalue weighted by Gasteiger charge is 2.18. The number of phenols is 1. The molecule has 1 aromatic rings. The third-order valence-corrected chi connectivity index (χ3v) is 3.47. The number of piperazine rings is 1. The van der Waals surface area contributed by atoms with Gasteiger partial charge in [-0.15, -0.1) is 0 Å². The molecule has 5 nitrogen and oxygen atoms in total. The van der Waals surface area contributed by atoms with E-state index in [9.17, 15) is 9.90 Å². The van der Waals surface area contributed by atoms with Crippen LogP contribution < -0.4 is 4.74 Å². The molecule has 0 atom stereocenters. The van der Waals surface area contributed by atoms with Gasteiger partial charge in [-0.25, -0.2) is 0 Å². The van der Waals surface area contributed by atoms with Crippen LogP contribution in [0.5, 0.6) is 11.5 Å². The van der Waals surface area contributed by atoms with E-state index in [0.29, 0.717) is 5.75 Å². The van der Waals surface area contributed by atoms with E-state index < -0.39 is 0 Å². The molecule has 0 saturated carbocycles. The second-order valence-corrected chi connectivity index (χ2v) is 4.79. The summed E-state index contributed by atoms with van der Waals surface area (Å²) in [5.74, 6) is 0.804.